The summed E-state index contributed by atoms with van der Waals surface area (Å²) in [4.78, 5) is 0. The maximum absolute atomic E-state index is 6.27. The molecule has 3 atom stereocenters. The minimum absolute atomic E-state index is 0.0314. The van der Waals surface area contributed by atoms with Crippen LogP contribution in [0.5, 0.6) is 0 Å². The first-order valence-electron chi connectivity index (χ1n) is 7.23. The van der Waals surface area contributed by atoms with Gasteiger partial charge in [-0.2, -0.15) is 0 Å². The standard InChI is InChI=1S/C16H20Cl2O2/c1-3-16-8-7-15(2,20-16)14(9-16)19-10-11-12(17)5-4-6-13(11)18/h4-6,14H,3,7-10H2,1-2H3. The van der Waals surface area contributed by atoms with E-state index in [-0.39, 0.29) is 17.3 Å². The van der Waals surface area contributed by atoms with Crippen molar-refractivity contribution in [1.29, 1.82) is 0 Å². The molecule has 2 bridgehead atoms. The van der Waals surface area contributed by atoms with Gasteiger partial charge in [-0.25, -0.2) is 0 Å². The van der Waals surface area contributed by atoms with E-state index in [1.54, 1.807) is 0 Å². The highest BCUT2D eigenvalue weighted by molar-refractivity contribution is 6.35. The van der Waals surface area contributed by atoms with Crippen molar-refractivity contribution < 1.29 is 9.47 Å². The molecule has 2 nitrogen and oxygen atoms in total. The van der Waals surface area contributed by atoms with Crippen LogP contribution in [0.1, 0.15) is 45.1 Å². The lowest BCUT2D eigenvalue weighted by Gasteiger charge is -2.29. The van der Waals surface area contributed by atoms with Crippen molar-refractivity contribution in [2.75, 3.05) is 0 Å². The monoisotopic (exact) mass is 314 g/mol. The van der Waals surface area contributed by atoms with Gasteiger partial charge in [0.25, 0.3) is 0 Å². The zero-order valence-corrected chi connectivity index (χ0v) is 13.4. The van der Waals surface area contributed by atoms with Gasteiger partial charge in [-0.1, -0.05) is 36.2 Å². The first-order chi connectivity index (χ1) is 9.48. The molecule has 0 spiro atoms. The largest absolute Gasteiger partial charge is 0.370 e. The molecule has 0 aliphatic carbocycles. The molecule has 2 aliphatic heterocycles. The van der Waals surface area contributed by atoms with E-state index in [9.17, 15) is 0 Å². The van der Waals surface area contributed by atoms with Crippen molar-refractivity contribution in [3.63, 3.8) is 0 Å². The fourth-order valence-electron chi connectivity index (χ4n) is 3.48. The highest BCUT2D eigenvalue weighted by Gasteiger charge is 2.58. The number of fused-ring (bicyclic) bond motifs is 2. The van der Waals surface area contributed by atoms with Crippen molar-refractivity contribution in [3.05, 3.63) is 33.8 Å². The minimum Gasteiger partial charge on any atom is -0.370 e. The van der Waals surface area contributed by atoms with E-state index in [4.69, 9.17) is 32.7 Å². The predicted molar refractivity (Wildman–Crippen MR) is 81.4 cm³/mol. The summed E-state index contributed by atoms with van der Waals surface area (Å²) in [5.74, 6) is 0. The van der Waals surface area contributed by atoms with Crippen LogP contribution in [0.25, 0.3) is 0 Å². The summed E-state index contributed by atoms with van der Waals surface area (Å²) in [6.07, 6.45) is 4.37. The van der Waals surface area contributed by atoms with Gasteiger partial charge in [-0.05, 0) is 38.3 Å². The summed E-state index contributed by atoms with van der Waals surface area (Å²) in [6, 6.07) is 5.54. The van der Waals surface area contributed by atoms with Gasteiger partial charge >= 0.3 is 0 Å². The second-order valence-corrected chi connectivity index (χ2v) is 6.97. The lowest BCUT2D eigenvalue weighted by molar-refractivity contribution is -0.0866. The van der Waals surface area contributed by atoms with Gasteiger partial charge in [0.05, 0.1) is 23.9 Å². The normalized spacial score (nSPS) is 35.7. The zero-order chi connectivity index (χ0) is 14.4. The van der Waals surface area contributed by atoms with E-state index in [0.29, 0.717) is 16.7 Å². The second-order valence-electron chi connectivity index (χ2n) is 6.16. The molecule has 2 heterocycles. The highest BCUT2D eigenvalue weighted by Crippen LogP contribution is 2.53. The molecular formula is C16H20Cl2O2. The SMILES string of the molecule is CCC12CCC(C)(O1)C(OCc1c(Cl)cccc1Cl)C2. The summed E-state index contributed by atoms with van der Waals surface area (Å²) < 4.78 is 12.4. The third-order valence-electron chi connectivity index (χ3n) is 4.90. The number of hydrogen-bond donors (Lipinski definition) is 0. The molecule has 0 N–H and O–H groups in total. The fraction of sp³-hybridized carbons (Fsp3) is 0.625. The van der Waals surface area contributed by atoms with E-state index in [2.05, 4.69) is 13.8 Å². The van der Waals surface area contributed by atoms with Crippen molar-refractivity contribution in [1.82, 2.24) is 0 Å². The number of benzene rings is 1. The van der Waals surface area contributed by atoms with E-state index in [1.807, 2.05) is 18.2 Å². The molecule has 0 radical (unpaired) electrons. The summed E-state index contributed by atoms with van der Waals surface area (Å²) in [5, 5.41) is 1.33. The summed E-state index contributed by atoms with van der Waals surface area (Å²) in [5.41, 5.74) is 0.751. The Bertz CT molecular complexity index is 499. The van der Waals surface area contributed by atoms with Crippen LogP contribution in [0, 0.1) is 0 Å². The molecule has 4 heteroatoms. The van der Waals surface area contributed by atoms with Gasteiger partial charge in [0, 0.05) is 22.0 Å². The van der Waals surface area contributed by atoms with Crippen molar-refractivity contribution in [3.8, 4) is 0 Å². The van der Waals surface area contributed by atoms with Gasteiger partial charge in [0.15, 0.2) is 0 Å². The molecule has 3 rings (SSSR count). The van der Waals surface area contributed by atoms with Crippen molar-refractivity contribution in [2.24, 2.45) is 0 Å². The van der Waals surface area contributed by atoms with Gasteiger partial charge in [0.2, 0.25) is 0 Å². The Morgan fingerprint density at radius 1 is 1.30 bits per heavy atom. The van der Waals surface area contributed by atoms with Gasteiger partial charge in [-0.15, -0.1) is 0 Å². The van der Waals surface area contributed by atoms with Gasteiger partial charge in [0.1, 0.15) is 0 Å². The summed E-state index contributed by atoms with van der Waals surface area (Å²) in [6.45, 7) is 4.80. The number of halogens is 2. The van der Waals surface area contributed by atoms with Crippen LogP contribution in [0.2, 0.25) is 10.0 Å². The Hall–Kier alpha value is -0.280. The zero-order valence-electron chi connectivity index (χ0n) is 11.9. The van der Waals surface area contributed by atoms with Crippen LogP contribution in [-0.2, 0) is 16.1 Å². The van der Waals surface area contributed by atoms with Crippen LogP contribution < -0.4 is 0 Å². The number of ether oxygens (including phenoxy) is 2. The summed E-state index contributed by atoms with van der Waals surface area (Å²) >= 11 is 12.4. The van der Waals surface area contributed by atoms with Gasteiger partial charge < -0.3 is 9.47 Å². The molecule has 1 aromatic rings. The van der Waals surface area contributed by atoms with Crippen molar-refractivity contribution in [2.45, 2.75) is 63.4 Å². The summed E-state index contributed by atoms with van der Waals surface area (Å²) in [7, 11) is 0. The molecular weight excluding hydrogens is 295 g/mol. The molecule has 0 saturated carbocycles. The average Bonchev–Trinajstić information content (AvgIpc) is 2.90. The Morgan fingerprint density at radius 2 is 2.00 bits per heavy atom. The quantitative estimate of drug-likeness (QED) is 0.778. The number of hydrogen-bond acceptors (Lipinski definition) is 2. The maximum Gasteiger partial charge on any atom is 0.0924 e. The van der Waals surface area contributed by atoms with E-state index >= 15 is 0 Å². The highest BCUT2D eigenvalue weighted by atomic mass is 35.5. The third kappa shape index (κ3) is 2.37. The molecule has 0 aromatic heterocycles. The topological polar surface area (TPSA) is 18.5 Å². The minimum atomic E-state index is -0.149. The lowest BCUT2D eigenvalue weighted by Crippen LogP contribution is -2.37. The first kappa shape index (κ1) is 14.6. The molecule has 2 aliphatic rings. The van der Waals surface area contributed by atoms with Crippen LogP contribution in [-0.4, -0.2) is 17.3 Å². The molecule has 2 saturated heterocycles. The van der Waals surface area contributed by atoms with Crippen LogP contribution in [0.3, 0.4) is 0 Å². The molecule has 2 fully saturated rings. The smallest absolute Gasteiger partial charge is 0.0924 e. The van der Waals surface area contributed by atoms with Crippen LogP contribution in [0.15, 0.2) is 18.2 Å². The molecule has 20 heavy (non-hydrogen) atoms. The maximum atomic E-state index is 6.27. The predicted octanol–water partition coefficient (Wildman–Crippen LogP) is 5.00. The molecule has 3 unspecified atom stereocenters. The van der Waals surface area contributed by atoms with Crippen molar-refractivity contribution >= 4 is 23.2 Å². The molecule has 110 valence electrons. The third-order valence-corrected chi connectivity index (χ3v) is 5.61. The average molecular weight is 315 g/mol. The first-order valence-corrected chi connectivity index (χ1v) is 7.98. The Balaban J connectivity index is 1.71. The Morgan fingerprint density at radius 3 is 2.60 bits per heavy atom. The number of rotatable bonds is 4. The Labute approximate surface area is 130 Å². The molecule has 0 amide bonds. The second kappa shape index (κ2) is 5.17. The van der Waals surface area contributed by atoms with Crippen LogP contribution in [0.4, 0.5) is 0 Å². The lowest BCUT2D eigenvalue weighted by atomic mass is 9.79. The van der Waals surface area contributed by atoms with Crippen LogP contribution >= 0.6 is 23.2 Å². The van der Waals surface area contributed by atoms with E-state index < -0.39 is 0 Å². The van der Waals surface area contributed by atoms with E-state index in [1.165, 1.54) is 0 Å². The molecule has 1 aromatic carbocycles. The fourth-order valence-corrected chi connectivity index (χ4v) is 3.99. The Kier molecular flexibility index (Phi) is 3.79. The van der Waals surface area contributed by atoms with E-state index in [0.717, 1.165) is 31.2 Å². The van der Waals surface area contributed by atoms with Gasteiger partial charge in [-0.3, -0.25) is 0 Å².